The number of aromatic hydroxyl groups is 1. The topological polar surface area (TPSA) is 67.4 Å². The summed E-state index contributed by atoms with van der Waals surface area (Å²) in [6.07, 6.45) is 0. The molecule has 5 nitrogen and oxygen atoms in total. The number of phenolic OH excluding ortho intramolecular Hbond substituents is 1. The number of hydrogen-bond donors (Lipinski definition) is 2. The highest BCUT2D eigenvalue weighted by Crippen LogP contribution is 2.37. The van der Waals surface area contributed by atoms with Crippen LogP contribution in [0.25, 0.3) is 33.9 Å². The van der Waals surface area contributed by atoms with Crippen LogP contribution in [0.5, 0.6) is 17.2 Å². The van der Waals surface area contributed by atoms with E-state index < -0.39 is 0 Å². The van der Waals surface area contributed by atoms with Gasteiger partial charge < -0.3 is 19.6 Å². The fourth-order valence-corrected chi connectivity index (χ4v) is 3.14. The molecule has 0 aliphatic heterocycles. The van der Waals surface area contributed by atoms with Crippen LogP contribution in [0.15, 0.2) is 72.8 Å². The molecule has 140 valence electrons. The third-order valence-corrected chi connectivity index (χ3v) is 4.56. The van der Waals surface area contributed by atoms with Gasteiger partial charge in [-0.15, -0.1) is 0 Å². The zero-order valence-electron chi connectivity index (χ0n) is 15.6. The molecular formula is C23H20N2O3. The molecule has 1 heterocycles. The Morgan fingerprint density at radius 2 is 1.43 bits per heavy atom. The van der Waals surface area contributed by atoms with Crippen molar-refractivity contribution in [1.82, 2.24) is 9.97 Å². The van der Waals surface area contributed by atoms with Gasteiger partial charge in [-0.05, 0) is 42.5 Å². The molecule has 0 aliphatic carbocycles. The van der Waals surface area contributed by atoms with Crippen molar-refractivity contribution < 1.29 is 14.6 Å². The predicted molar refractivity (Wildman–Crippen MR) is 110 cm³/mol. The van der Waals surface area contributed by atoms with Crippen LogP contribution in [-0.2, 0) is 0 Å². The lowest BCUT2D eigenvalue weighted by molar-refractivity contribution is 0.355. The molecule has 28 heavy (non-hydrogen) atoms. The van der Waals surface area contributed by atoms with Crippen LogP contribution >= 0.6 is 0 Å². The first-order valence-electron chi connectivity index (χ1n) is 8.87. The van der Waals surface area contributed by atoms with Gasteiger partial charge in [0.15, 0.2) is 11.5 Å². The second kappa shape index (κ2) is 7.48. The third-order valence-electron chi connectivity index (χ3n) is 4.56. The highest BCUT2D eigenvalue weighted by molar-refractivity contribution is 5.82. The van der Waals surface area contributed by atoms with Crippen molar-refractivity contribution >= 4 is 0 Å². The summed E-state index contributed by atoms with van der Waals surface area (Å²) in [5, 5.41) is 9.57. The summed E-state index contributed by atoms with van der Waals surface area (Å²) >= 11 is 0. The number of nitrogens with zero attached hydrogens (tertiary/aromatic N) is 1. The number of rotatable bonds is 5. The number of imidazole rings is 1. The van der Waals surface area contributed by atoms with Gasteiger partial charge in [-0.1, -0.05) is 30.3 Å². The molecule has 3 aromatic carbocycles. The molecule has 0 atom stereocenters. The van der Waals surface area contributed by atoms with Gasteiger partial charge in [0.1, 0.15) is 11.6 Å². The summed E-state index contributed by atoms with van der Waals surface area (Å²) in [7, 11) is 3.23. The number of benzene rings is 3. The Morgan fingerprint density at radius 3 is 2.11 bits per heavy atom. The summed E-state index contributed by atoms with van der Waals surface area (Å²) < 4.78 is 10.8. The van der Waals surface area contributed by atoms with Crippen molar-refractivity contribution in [2.45, 2.75) is 0 Å². The highest BCUT2D eigenvalue weighted by Gasteiger charge is 2.17. The molecule has 0 fully saturated rings. The molecule has 2 N–H and O–H groups in total. The van der Waals surface area contributed by atoms with Crippen LogP contribution in [0.3, 0.4) is 0 Å². The second-order valence-electron chi connectivity index (χ2n) is 6.29. The number of hydrogen-bond acceptors (Lipinski definition) is 4. The van der Waals surface area contributed by atoms with Gasteiger partial charge >= 0.3 is 0 Å². The van der Waals surface area contributed by atoms with Gasteiger partial charge in [-0.2, -0.15) is 0 Å². The molecule has 0 saturated heterocycles. The third kappa shape index (κ3) is 3.30. The number of aromatic amines is 1. The van der Waals surface area contributed by atoms with Crippen LogP contribution in [0.4, 0.5) is 0 Å². The first-order chi connectivity index (χ1) is 13.7. The lowest BCUT2D eigenvalue weighted by Gasteiger charge is -2.09. The lowest BCUT2D eigenvalue weighted by atomic mass is 10.0. The Hall–Kier alpha value is -3.73. The summed E-state index contributed by atoms with van der Waals surface area (Å²) in [5.41, 5.74) is 4.57. The maximum absolute atomic E-state index is 9.57. The predicted octanol–water partition coefficient (Wildman–Crippen LogP) is 5.13. The summed E-state index contributed by atoms with van der Waals surface area (Å²) in [6, 6.07) is 22.8. The monoisotopic (exact) mass is 372 g/mol. The average Bonchev–Trinajstić information content (AvgIpc) is 3.20. The SMILES string of the molecule is COc1ccc(-c2nc(-c3ccc(O)cc3)[nH]c2-c2ccccc2)cc1OC. The Morgan fingerprint density at radius 1 is 0.750 bits per heavy atom. The first-order valence-corrected chi connectivity index (χ1v) is 8.87. The molecule has 0 radical (unpaired) electrons. The fraction of sp³-hybridized carbons (Fsp3) is 0.0870. The van der Waals surface area contributed by atoms with E-state index in [2.05, 4.69) is 4.98 Å². The standard InChI is InChI=1S/C23H20N2O3/c1-27-19-13-10-17(14-20(19)28-2)22-21(15-6-4-3-5-7-15)24-23(25-22)16-8-11-18(26)12-9-16/h3-14,26H,1-2H3,(H,24,25). The number of H-pyrrole nitrogens is 1. The van der Waals surface area contributed by atoms with Crippen molar-refractivity contribution in [3.05, 3.63) is 72.8 Å². The van der Waals surface area contributed by atoms with Crippen LogP contribution in [0, 0.1) is 0 Å². The molecule has 0 unspecified atom stereocenters. The van der Waals surface area contributed by atoms with E-state index in [0.717, 1.165) is 33.9 Å². The maximum atomic E-state index is 9.57. The van der Waals surface area contributed by atoms with E-state index in [0.29, 0.717) is 11.5 Å². The molecule has 0 spiro atoms. The van der Waals surface area contributed by atoms with Gasteiger partial charge in [-0.3, -0.25) is 0 Å². The van der Waals surface area contributed by atoms with E-state index in [1.807, 2.05) is 60.7 Å². The summed E-state index contributed by atoms with van der Waals surface area (Å²) in [6.45, 7) is 0. The van der Waals surface area contributed by atoms with Crippen LogP contribution < -0.4 is 9.47 Å². The summed E-state index contributed by atoms with van der Waals surface area (Å²) in [5.74, 6) is 2.26. The van der Waals surface area contributed by atoms with Crippen LogP contribution in [0.1, 0.15) is 0 Å². The minimum absolute atomic E-state index is 0.221. The minimum atomic E-state index is 0.221. The normalized spacial score (nSPS) is 10.6. The molecule has 0 aliphatic rings. The van der Waals surface area contributed by atoms with E-state index in [-0.39, 0.29) is 5.75 Å². The van der Waals surface area contributed by atoms with Crippen molar-refractivity contribution in [3.8, 4) is 51.2 Å². The molecule has 0 amide bonds. The Kier molecular flexibility index (Phi) is 4.72. The van der Waals surface area contributed by atoms with Gasteiger partial charge in [0, 0.05) is 16.7 Å². The Labute approximate surface area is 163 Å². The van der Waals surface area contributed by atoms with Crippen LogP contribution in [0.2, 0.25) is 0 Å². The van der Waals surface area contributed by atoms with Gasteiger partial charge in [0.2, 0.25) is 0 Å². The molecule has 1 aromatic heterocycles. The maximum Gasteiger partial charge on any atom is 0.161 e. The first kappa shape index (κ1) is 17.7. The number of methoxy groups -OCH3 is 2. The molecule has 0 saturated carbocycles. The molecule has 4 rings (SSSR count). The quantitative estimate of drug-likeness (QED) is 0.509. The van der Waals surface area contributed by atoms with Gasteiger partial charge in [0.05, 0.1) is 25.6 Å². The lowest BCUT2D eigenvalue weighted by Crippen LogP contribution is -1.91. The fourth-order valence-electron chi connectivity index (χ4n) is 3.14. The molecular weight excluding hydrogens is 352 g/mol. The number of phenols is 1. The van der Waals surface area contributed by atoms with E-state index >= 15 is 0 Å². The molecule has 4 aromatic rings. The van der Waals surface area contributed by atoms with Crippen molar-refractivity contribution in [3.63, 3.8) is 0 Å². The van der Waals surface area contributed by atoms with Crippen molar-refractivity contribution in [1.29, 1.82) is 0 Å². The van der Waals surface area contributed by atoms with Gasteiger partial charge in [0.25, 0.3) is 0 Å². The average molecular weight is 372 g/mol. The van der Waals surface area contributed by atoms with Crippen molar-refractivity contribution in [2.24, 2.45) is 0 Å². The summed E-state index contributed by atoms with van der Waals surface area (Å²) in [4.78, 5) is 8.29. The van der Waals surface area contributed by atoms with Gasteiger partial charge in [-0.25, -0.2) is 4.98 Å². The van der Waals surface area contributed by atoms with E-state index in [9.17, 15) is 5.11 Å². The largest absolute Gasteiger partial charge is 0.508 e. The molecule has 5 heteroatoms. The van der Waals surface area contributed by atoms with E-state index in [1.54, 1.807) is 26.4 Å². The second-order valence-corrected chi connectivity index (χ2v) is 6.29. The Balaban J connectivity index is 1.89. The number of ether oxygens (including phenoxy) is 2. The molecule has 0 bridgehead atoms. The van der Waals surface area contributed by atoms with E-state index in [1.165, 1.54) is 0 Å². The van der Waals surface area contributed by atoms with Crippen LogP contribution in [-0.4, -0.2) is 29.3 Å². The van der Waals surface area contributed by atoms with Crippen molar-refractivity contribution in [2.75, 3.05) is 14.2 Å². The minimum Gasteiger partial charge on any atom is -0.508 e. The Bertz CT molecular complexity index is 1090. The zero-order valence-corrected chi connectivity index (χ0v) is 15.6. The highest BCUT2D eigenvalue weighted by atomic mass is 16.5. The number of aromatic nitrogens is 2. The van der Waals surface area contributed by atoms with E-state index in [4.69, 9.17) is 14.5 Å². The number of nitrogens with one attached hydrogen (secondary N) is 1. The zero-order chi connectivity index (χ0) is 19.5. The smallest absolute Gasteiger partial charge is 0.161 e.